The molecule has 0 atom stereocenters. The minimum atomic E-state index is -0.493. The first kappa shape index (κ1) is 37.3. The molecule has 13 aromatic rings. The molecule has 0 radical (unpaired) electrons. The molecule has 3 nitrogen and oxygen atoms in total. The van der Waals surface area contributed by atoms with Crippen molar-refractivity contribution in [2.24, 2.45) is 0 Å². The van der Waals surface area contributed by atoms with Crippen molar-refractivity contribution < 1.29 is 8.83 Å². The molecule has 68 heavy (non-hydrogen) atoms. The molecule has 0 saturated carbocycles. The van der Waals surface area contributed by atoms with Crippen molar-refractivity contribution in [2.75, 3.05) is 4.90 Å². The van der Waals surface area contributed by atoms with Crippen LogP contribution < -0.4 is 4.90 Å². The van der Waals surface area contributed by atoms with Gasteiger partial charge in [-0.25, -0.2) is 0 Å². The zero-order valence-corrected chi connectivity index (χ0v) is 36.8. The van der Waals surface area contributed by atoms with Crippen LogP contribution in [0.2, 0.25) is 0 Å². The van der Waals surface area contributed by atoms with Gasteiger partial charge < -0.3 is 13.7 Å². The molecule has 1 spiro atoms. The number of fused-ring (bicyclic) bond motifs is 17. The molecule has 15 rings (SSSR count). The SMILES string of the molecule is c1ccc(-c2ccc(N(c3ccc4c(c3)C3(c5ccccc5-c5ccccc53)c3ccccc3-4)c3cccc4oc5c(-c6cccc7ccccc67)c6c(cc5c34)oc3ccccc36)cc2)cc1. The monoisotopic (exact) mass is 865 g/mol. The molecule has 11 aromatic carbocycles. The lowest BCUT2D eigenvalue weighted by Crippen LogP contribution is -2.26. The number of anilines is 3. The summed E-state index contributed by atoms with van der Waals surface area (Å²) >= 11 is 0. The van der Waals surface area contributed by atoms with Gasteiger partial charge in [0, 0.05) is 33.1 Å². The average Bonchev–Trinajstić information content (AvgIpc) is 4.14. The molecular formula is C65H39NO2. The van der Waals surface area contributed by atoms with Gasteiger partial charge >= 0.3 is 0 Å². The van der Waals surface area contributed by atoms with Crippen LogP contribution in [0.3, 0.4) is 0 Å². The molecule has 316 valence electrons. The van der Waals surface area contributed by atoms with Crippen molar-refractivity contribution in [2.45, 2.75) is 5.41 Å². The first-order valence-corrected chi connectivity index (χ1v) is 23.4. The van der Waals surface area contributed by atoms with E-state index in [4.69, 9.17) is 8.83 Å². The quantitative estimate of drug-likeness (QED) is 0.173. The van der Waals surface area contributed by atoms with E-state index in [9.17, 15) is 0 Å². The van der Waals surface area contributed by atoms with Crippen molar-refractivity contribution in [3.05, 3.63) is 259 Å². The summed E-state index contributed by atoms with van der Waals surface area (Å²) in [6, 6.07) is 86.1. The Labute approximate surface area is 392 Å². The van der Waals surface area contributed by atoms with Crippen molar-refractivity contribution >= 4 is 71.7 Å². The number of para-hydroxylation sites is 1. The van der Waals surface area contributed by atoms with E-state index in [0.717, 1.165) is 83.0 Å². The molecule has 2 heterocycles. The molecule has 2 aliphatic rings. The van der Waals surface area contributed by atoms with Gasteiger partial charge in [0.2, 0.25) is 0 Å². The highest BCUT2D eigenvalue weighted by atomic mass is 16.3. The Kier molecular flexibility index (Phi) is 7.71. The lowest BCUT2D eigenvalue weighted by molar-refractivity contribution is 0.664. The topological polar surface area (TPSA) is 29.5 Å². The Morgan fingerprint density at radius 2 is 0.882 bits per heavy atom. The van der Waals surface area contributed by atoms with E-state index in [2.05, 4.69) is 235 Å². The number of benzene rings is 11. The highest BCUT2D eigenvalue weighted by Gasteiger charge is 2.51. The third kappa shape index (κ3) is 5.02. The van der Waals surface area contributed by atoms with E-state index in [-0.39, 0.29) is 0 Å². The molecule has 3 heteroatoms. The van der Waals surface area contributed by atoms with Crippen LogP contribution in [0.15, 0.2) is 245 Å². The second-order valence-electron chi connectivity index (χ2n) is 18.2. The first-order chi connectivity index (χ1) is 33.7. The normalized spacial score (nSPS) is 13.1. The summed E-state index contributed by atoms with van der Waals surface area (Å²) < 4.78 is 14.1. The number of nitrogens with zero attached hydrogens (tertiary/aromatic N) is 1. The Balaban J connectivity index is 1.03. The van der Waals surface area contributed by atoms with Crippen molar-refractivity contribution in [3.63, 3.8) is 0 Å². The largest absolute Gasteiger partial charge is 0.456 e. The number of furan rings is 2. The van der Waals surface area contributed by atoms with E-state index < -0.39 is 5.41 Å². The fraction of sp³-hybridized carbons (Fsp3) is 0.0154. The van der Waals surface area contributed by atoms with Gasteiger partial charge in [0.05, 0.1) is 16.5 Å². The second-order valence-corrected chi connectivity index (χ2v) is 18.2. The van der Waals surface area contributed by atoms with Crippen LogP contribution >= 0.6 is 0 Å². The van der Waals surface area contributed by atoms with E-state index in [1.807, 2.05) is 6.07 Å². The van der Waals surface area contributed by atoms with Crippen LogP contribution in [-0.2, 0) is 5.41 Å². The Hall–Kier alpha value is -8.92. The third-order valence-corrected chi connectivity index (χ3v) is 14.9. The second kappa shape index (κ2) is 14.0. The van der Waals surface area contributed by atoms with Crippen LogP contribution in [0.1, 0.15) is 22.3 Å². The molecular weight excluding hydrogens is 827 g/mol. The van der Waals surface area contributed by atoms with Crippen LogP contribution in [0, 0.1) is 0 Å². The van der Waals surface area contributed by atoms with Crippen molar-refractivity contribution in [3.8, 4) is 44.5 Å². The molecule has 2 aromatic heterocycles. The molecule has 0 fully saturated rings. The maximum absolute atomic E-state index is 7.26. The van der Waals surface area contributed by atoms with Gasteiger partial charge in [0.25, 0.3) is 0 Å². The zero-order valence-electron chi connectivity index (χ0n) is 36.8. The van der Waals surface area contributed by atoms with Crippen LogP contribution in [-0.4, -0.2) is 0 Å². The summed E-state index contributed by atoms with van der Waals surface area (Å²) in [6.07, 6.45) is 0. The zero-order chi connectivity index (χ0) is 44.5. The van der Waals surface area contributed by atoms with E-state index in [1.165, 1.54) is 55.5 Å². The minimum absolute atomic E-state index is 0.493. The predicted molar refractivity (Wildman–Crippen MR) is 280 cm³/mol. The van der Waals surface area contributed by atoms with Gasteiger partial charge in [-0.3, -0.25) is 0 Å². The lowest BCUT2D eigenvalue weighted by atomic mass is 9.70. The van der Waals surface area contributed by atoms with Gasteiger partial charge in [-0.2, -0.15) is 0 Å². The Morgan fingerprint density at radius 3 is 1.63 bits per heavy atom. The fourth-order valence-corrected chi connectivity index (χ4v) is 12.1. The molecule has 0 amide bonds. The van der Waals surface area contributed by atoms with Crippen molar-refractivity contribution in [1.82, 2.24) is 0 Å². The van der Waals surface area contributed by atoms with Gasteiger partial charge in [0.1, 0.15) is 22.3 Å². The summed E-state index contributed by atoms with van der Waals surface area (Å²) in [5.41, 5.74) is 20.8. The van der Waals surface area contributed by atoms with Gasteiger partial charge in [-0.05, 0) is 121 Å². The van der Waals surface area contributed by atoms with Crippen LogP contribution in [0.4, 0.5) is 17.1 Å². The number of hydrogen-bond acceptors (Lipinski definition) is 3. The van der Waals surface area contributed by atoms with Crippen molar-refractivity contribution in [1.29, 1.82) is 0 Å². The van der Waals surface area contributed by atoms with Gasteiger partial charge in [-0.15, -0.1) is 0 Å². The first-order valence-electron chi connectivity index (χ1n) is 23.4. The summed E-state index contributed by atoms with van der Waals surface area (Å²) in [7, 11) is 0. The van der Waals surface area contributed by atoms with E-state index >= 15 is 0 Å². The molecule has 0 bridgehead atoms. The molecule has 0 saturated heterocycles. The summed E-state index contributed by atoms with van der Waals surface area (Å²) in [5, 5.41) is 6.48. The highest BCUT2D eigenvalue weighted by molar-refractivity contribution is 6.27. The van der Waals surface area contributed by atoms with Gasteiger partial charge in [0.15, 0.2) is 0 Å². The average molecular weight is 866 g/mol. The lowest BCUT2D eigenvalue weighted by Gasteiger charge is -2.32. The fourth-order valence-electron chi connectivity index (χ4n) is 12.1. The van der Waals surface area contributed by atoms with E-state index in [0.29, 0.717) is 0 Å². The summed E-state index contributed by atoms with van der Waals surface area (Å²) in [5.74, 6) is 0. The Morgan fingerprint density at radius 1 is 0.324 bits per heavy atom. The molecule has 0 N–H and O–H groups in total. The summed E-state index contributed by atoms with van der Waals surface area (Å²) in [6.45, 7) is 0. The molecule has 0 unspecified atom stereocenters. The standard InChI is InChI=1S/C65H39NO2/c1-2-16-40(17-3-1)41-32-34-43(35-33-41)66(44-36-37-49-48-23-8-12-28-55(48)65(56(49)38-44)53-26-10-6-21-46(53)47-22-7-11-27-54(47)65)57-29-15-31-59-61(57)52-39-60-62(51-24-9-13-30-58(51)67-60)63(64(52)68-59)50-25-14-19-42-18-4-5-20-45(42)50/h1-39H. The molecule has 2 aliphatic carbocycles. The number of rotatable bonds is 5. The van der Waals surface area contributed by atoms with Gasteiger partial charge in [-0.1, -0.05) is 188 Å². The molecule has 0 aliphatic heterocycles. The predicted octanol–water partition coefficient (Wildman–Crippen LogP) is 17.8. The smallest absolute Gasteiger partial charge is 0.144 e. The maximum atomic E-state index is 7.26. The highest BCUT2D eigenvalue weighted by Crippen LogP contribution is 2.63. The van der Waals surface area contributed by atoms with E-state index in [1.54, 1.807) is 0 Å². The maximum Gasteiger partial charge on any atom is 0.144 e. The minimum Gasteiger partial charge on any atom is -0.456 e. The Bertz CT molecular complexity index is 4140. The van der Waals surface area contributed by atoms with Crippen LogP contribution in [0.5, 0.6) is 0 Å². The van der Waals surface area contributed by atoms with Crippen LogP contribution in [0.25, 0.3) is 99.2 Å². The number of hydrogen-bond donors (Lipinski definition) is 0. The third-order valence-electron chi connectivity index (χ3n) is 14.9. The summed E-state index contributed by atoms with van der Waals surface area (Å²) in [4.78, 5) is 2.44.